The molecule has 0 aliphatic carbocycles. The van der Waals surface area contributed by atoms with Crippen molar-refractivity contribution >= 4 is 17.8 Å². The Kier molecular flexibility index (Phi) is 6.00. The molecule has 2 atom stereocenters. The number of ether oxygens (including phenoxy) is 1. The lowest BCUT2D eigenvalue weighted by atomic mass is 9.79. The van der Waals surface area contributed by atoms with Gasteiger partial charge < -0.3 is 15.8 Å². The van der Waals surface area contributed by atoms with Gasteiger partial charge in [-0.3, -0.25) is 14.5 Å². The van der Waals surface area contributed by atoms with Gasteiger partial charge in [0.1, 0.15) is 11.9 Å². The van der Waals surface area contributed by atoms with Crippen LogP contribution in [0, 0.1) is 5.92 Å². The van der Waals surface area contributed by atoms with Crippen LogP contribution in [-0.2, 0) is 10.3 Å². The SMILES string of the molecule is CC(C)CNC(=O)c1ccc(-c2ccc3c(c2)C2(CC(c4ccccc4)O3)N=C(N)N(C)C2=O)cc1. The molecule has 0 saturated carbocycles. The Balaban J connectivity index is 1.52. The summed E-state index contributed by atoms with van der Waals surface area (Å²) in [5.41, 5.74) is 9.09. The molecule has 3 aromatic carbocycles. The number of aliphatic imine (C=N–C) groups is 1. The smallest absolute Gasteiger partial charge is 0.261 e. The number of carbonyl (C=O) groups is 2. The van der Waals surface area contributed by atoms with Gasteiger partial charge >= 0.3 is 0 Å². The van der Waals surface area contributed by atoms with Crippen LogP contribution in [0.2, 0.25) is 0 Å². The van der Waals surface area contributed by atoms with Gasteiger partial charge in [0.15, 0.2) is 11.5 Å². The first kappa shape index (κ1) is 23.6. The Labute approximate surface area is 211 Å². The molecule has 3 aromatic rings. The molecule has 7 nitrogen and oxygen atoms in total. The highest BCUT2D eigenvalue weighted by molar-refractivity contribution is 6.07. The molecule has 5 rings (SSSR count). The molecule has 3 N–H and O–H groups in total. The topological polar surface area (TPSA) is 97.0 Å². The number of carbonyl (C=O) groups excluding carboxylic acids is 2. The van der Waals surface area contributed by atoms with Crippen molar-refractivity contribution in [3.8, 4) is 16.9 Å². The Morgan fingerprint density at radius 2 is 1.81 bits per heavy atom. The van der Waals surface area contributed by atoms with Gasteiger partial charge in [0, 0.05) is 31.1 Å². The van der Waals surface area contributed by atoms with E-state index < -0.39 is 5.54 Å². The lowest BCUT2D eigenvalue weighted by Crippen LogP contribution is -2.43. The van der Waals surface area contributed by atoms with Gasteiger partial charge in [-0.05, 0) is 46.9 Å². The van der Waals surface area contributed by atoms with Crippen LogP contribution in [0.4, 0.5) is 0 Å². The van der Waals surface area contributed by atoms with Crippen molar-refractivity contribution in [2.24, 2.45) is 16.6 Å². The number of nitrogens with one attached hydrogen (secondary N) is 1. The minimum Gasteiger partial charge on any atom is -0.485 e. The van der Waals surface area contributed by atoms with Crippen LogP contribution in [0.3, 0.4) is 0 Å². The van der Waals surface area contributed by atoms with Gasteiger partial charge in [0.25, 0.3) is 11.8 Å². The Morgan fingerprint density at radius 3 is 2.44 bits per heavy atom. The summed E-state index contributed by atoms with van der Waals surface area (Å²) in [6.45, 7) is 4.74. The predicted octanol–water partition coefficient (Wildman–Crippen LogP) is 4.25. The molecule has 2 heterocycles. The molecular weight excluding hydrogens is 452 g/mol. The largest absolute Gasteiger partial charge is 0.485 e. The molecule has 0 saturated heterocycles. The van der Waals surface area contributed by atoms with Crippen LogP contribution in [0.25, 0.3) is 11.1 Å². The molecular formula is C29H30N4O3. The summed E-state index contributed by atoms with van der Waals surface area (Å²) in [6, 6.07) is 23.1. The van der Waals surface area contributed by atoms with Gasteiger partial charge in [-0.25, -0.2) is 4.99 Å². The lowest BCUT2D eigenvalue weighted by molar-refractivity contribution is -0.132. The molecule has 0 aromatic heterocycles. The summed E-state index contributed by atoms with van der Waals surface area (Å²) >= 11 is 0. The molecule has 2 unspecified atom stereocenters. The summed E-state index contributed by atoms with van der Waals surface area (Å²) in [7, 11) is 1.65. The van der Waals surface area contributed by atoms with Crippen LogP contribution in [0.5, 0.6) is 5.75 Å². The van der Waals surface area contributed by atoms with E-state index in [0.29, 0.717) is 35.8 Å². The van der Waals surface area contributed by atoms with Crippen molar-refractivity contribution in [2.75, 3.05) is 13.6 Å². The predicted molar refractivity (Wildman–Crippen MR) is 140 cm³/mol. The molecule has 36 heavy (non-hydrogen) atoms. The number of amides is 2. The monoisotopic (exact) mass is 482 g/mol. The van der Waals surface area contributed by atoms with E-state index in [4.69, 9.17) is 15.5 Å². The number of fused-ring (bicyclic) bond motifs is 2. The fraction of sp³-hybridized carbons (Fsp3) is 0.276. The average molecular weight is 483 g/mol. The second-order valence-corrected chi connectivity index (χ2v) is 9.81. The van der Waals surface area contributed by atoms with E-state index in [-0.39, 0.29) is 23.9 Å². The lowest BCUT2D eigenvalue weighted by Gasteiger charge is -2.37. The number of guanidine groups is 1. The quantitative estimate of drug-likeness (QED) is 0.568. The fourth-order valence-corrected chi connectivity index (χ4v) is 4.78. The van der Waals surface area contributed by atoms with Crippen LogP contribution < -0.4 is 15.8 Å². The number of nitrogens with two attached hydrogens (primary N) is 1. The highest BCUT2D eigenvalue weighted by Gasteiger charge is 2.53. The number of rotatable bonds is 5. The van der Waals surface area contributed by atoms with E-state index in [1.54, 1.807) is 7.05 Å². The van der Waals surface area contributed by atoms with E-state index in [1.165, 1.54) is 4.90 Å². The molecule has 2 aliphatic rings. The number of hydrogen-bond acceptors (Lipinski definition) is 5. The van der Waals surface area contributed by atoms with Gasteiger partial charge in [-0.2, -0.15) is 0 Å². The zero-order valence-electron chi connectivity index (χ0n) is 20.7. The van der Waals surface area contributed by atoms with Crippen LogP contribution >= 0.6 is 0 Å². The van der Waals surface area contributed by atoms with Crippen molar-refractivity contribution in [3.05, 3.63) is 89.5 Å². The van der Waals surface area contributed by atoms with Crippen molar-refractivity contribution < 1.29 is 14.3 Å². The Hall–Kier alpha value is -4.13. The van der Waals surface area contributed by atoms with Gasteiger partial charge in [0.05, 0.1) is 0 Å². The maximum atomic E-state index is 13.5. The minimum atomic E-state index is -1.15. The third kappa shape index (κ3) is 4.11. The van der Waals surface area contributed by atoms with E-state index in [9.17, 15) is 9.59 Å². The fourth-order valence-electron chi connectivity index (χ4n) is 4.78. The standard InChI is InChI=1S/C29H30N4O3/c1-18(2)17-31-26(34)21-11-9-19(10-12-21)22-13-14-24-23(15-22)29(27(35)33(3)28(30)32-29)16-25(36-24)20-7-5-4-6-8-20/h4-15,18,25H,16-17H2,1-3H3,(H2,30,32)(H,31,34). The van der Waals surface area contributed by atoms with E-state index >= 15 is 0 Å². The minimum absolute atomic E-state index is 0.0931. The van der Waals surface area contributed by atoms with Gasteiger partial charge in [-0.1, -0.05) is 62.4 Å². The van der Waals surface area contributed by atoms with Crippen molar-refractivity contribution in [1.29, 1.82) is 0 Å². The second-order valence-electron chi connectivity index (χ2n) is 9.81. The highest BCUT2D eigenvalue weighted by Crippen LogP contribution is 2.50. The maximum Gasteiger partial charge on any atom is 0.261 e. The number of likely N-dealkylation sites (N-methyl/N-ethyl adjacent to an activating group) is 1. The molecule has 2 amide bonds. The molecule has 0 fully saturated rings. The summed E-state index contributed by atoms with van der Waals surface area (Å²) in [4.78, 5) is 32.1. The zero-order valence-corrected chi connectivity index (χ0v) is 20.7. The number of benzene rings is 3. The Morgan fingerprint density at radius 1 is 1.11 bits per heavy atom. The third-order valence-electron chi connectivity index (χ3n) is 6.81. The number of hydrogen-bond donors (Lipinski definition) is 2. The van der Waals surface area contributed by atoms with Gasteiger partial charge in [0.2, 0.25) is 0 Å². The summed E-state index contributed by atoms with van der Waals surface area (Å²) in [5, 5.41) is 2.94. The Bertz CT molecular complexity index is 1330. The maximum absolute atomic E-state index is 13.5. The molecule has 7 heteroatoms. The third-order valence-corrected chi connectivity index (χ3v) is 6.81. The summed E-state index contributed by atoms with van der Waals surface area (Å²) < 4.78 is 6.38. The van der Waals surface area contributed by atoms with Gasteiger partial charge in [-0.15, -0.1) is 0 Å². The number of nitrogens with zero attached hydrogens (tertiary/aromatic N) is 2. The molecule has 1 spiro atoms. The molecule has 184 valence electrons. The normalized spacial score (nSPS) is 20.8. The summed E-state index contributed by atoms with van der Waals surface area (Å²) in [5.74, 6) is 0.934. The second kappa shape index (κ2) is 9.15. The average Bonchev–Trinajstić information content (AvgIpc) is 3.11. The first-order valence-corrected chi connectivity index (χ1v) is 12.2. The van der Waals surface area contributed by atoms with Crippen LogP contribution in [-0.4, -0.2) is 36.3 Å². The first-order valence-electron chi connectivity index (χ1n) is 12.2. The van der Waals surface area contributed by atoms with Crippen molar-refractivity contribution in [1.82, 2.24) is 10.2 Å². The molecule has 0 bridgehead atoms. The van der Waals surface area contributed by atoms with Crippen LogP contribution in [0.1, 0.15) is 47.9 Å². The molecule has 0 radical (unpaired) electrons. The summed E-state index contributed by atoms with van der Waals surface area (Å²) in [6.07, 6.45) is 0.0203. The van der Waals surface area contributed by atoms with Crippen molar-refractivity contribution in [2.45, 2.75) is 31.9 Å². The van der Waals surface area contributed by atoms with Crippen molar-refractivity contribution in [3.63, 3.8) is 0 Å². The highest BCUT2D eigenvalue weighted by atomic mass is 16.5. The first-order chi connectivity index (χ1) is 17.3. The van der Waals surface area contributed by atoms with Crippen LogP contribution in [0.15, 0.2) is 77.8 Å². The van der Waals surface area contributed by atoms with E-state index in [2.05, 4.69) is 19.2 Å². The zero-order chi connectivity index (χ0) is 25.4. The van der Waals surface area contributed by atoms with E-state index in [0.717, 1.165) is 16.7 Å². The van der Waals surface area contributed by atoms with E-state index in [1.807, 2.05) is 72.8 Å². The molecule has 2 aliphatic heterocycles.